The average Bonchev–Trinajstić information content (AvgIpc) is 3.21. The number of tetrazole rings is 1. The van der Waals surface area contributed by atoms with E-state index < -0.39 is 6.04 Å². The van der Waals surface area contributed by atoms with Gasteiger partial charge in [-0.3, -0.25) is 4.79 Å². The van der Waals surface area contributed by atoms with Crippen molar-refractivity contribution in [2.75, 3.05) is 14.2 Å². The summed E-state index contributed by atoms with van der Waals surface area (Å²) in [7, 11) is 3.22. The molecule has 2 aromatic rings. The number of fused-ring (bicyclic) bond motifs is 1. The summed E-state index contributed by atoms with van der Waals surface area (Å²) < 4.78 is 12.2. The highest BCUT2D eigenvalue weighted by molar-refractivity contribution is 8.01. The molecule has 2 N–H and O–H groups in total. The SMILES string of the molecule is COc1ccc(Cn2nnnc2C2N3C(=O)C(N)[C@H]3SC2(C)C)c(OC)c1. The number of thioether (sulfide) groups is 1. The van der Waals surface area contributed by atoms with E-state index in [9.17, 15) is 4.79 Å². The monoisotopic (exact) mass is 390 g/mol. The molecule has 1 aromatic carbocycles. The molecule has 9 nitrogen and oxygen atoms in total. The molecule has 2 fully saturated rings. The molecular formula is C17H22N6O3S. The van der Waals surface area contributed by atoms with Crippen LogP contribution in [-0.4, -0.2) is 61.4 Å². The highest BCUT2D eigenvalue weighted by Crippen LogP contribution is 2.56. The lowest BCUT2D eigenvalue weighted by atomic mass is 9.95. The minimum Gasteiger partial charge on any atom is -0.497 e. The first kappa shape index (κ1) is 18.1. The smallest absolute Gasteiger partial charge is 0.244 e. The molecule has 2 aliphatic rings. The zero-order valence-corrected chi connectivity index (χ0v) is 16.4. The van der Waals surface area contributed by atoms with Crippen LogP contribution < -0.4 is 15.2 Å². The van der Waals surface area contributed by atoms with E-state index in [1.165, 1.54) is 0 Å². The first-order valence-corrected chi connectivity index (χ1v) is 9.48. The van der Waals surface area contributed by atoms with Gasteiger partial charge in [0.25, 0.3) is 0 Å². The lowest BCUT2D eigenvalue weighted by Crippen LogP contribution is -2.65. The zero-order valence-electron chi connectivity index (χ0n) is 15.6. The normalized spacial score (nSPS) is 25.9. The number of carbonyl (C=O) groups excluding carboxylic acids is 1. The summed E-state index contributed by atoms with van der Waals surface area (Å²) in [6.45, 7) is 4.60. The number of nitrogens with zero attached hydrogens (tertiary/aromatic N) is 5. The number of aromatic nitrogens is 4. The molecule has 2 unspecified atom stereocenters. The van der Waals surface area contributed by atoms with E-state index in [2.05, 4.69) is 29.4 Å². The first-order chi connectivity index (χ1) is 12.9. The van der Waals surface area contributed by atoms with Gasteiger partial charge in [-0.25, -0.2) is 4.68 Å². The van der Waals surface area contributed by atoms with Crippen molar-refractivity contribution in [3.63, 3.8) is 0 Å². The van der Waals surface area contributed by atoms with Crippen LogP contribution in [0.25, 0.3) is 0 Å². The number of nitrogens with two attached hydrogens (primary N) is 1. The summed E-state index contributed by atoms with van der Waals surface area (Å²) in [6, 6.07) is 4.92. The number of β-lactam (4-membered cyclic amide) rings is 1. The second-order valence-electron chi connectivity index (χ2n) is 7.16. The summed E-state index contributed by atoms with van der Waals surface area (Å²) in [5.74, 6) is 1.99. The van der Waals surface area contributed by atoms with Crippen LogP contribution in [0.3, 0.4) is 0 Å². The molecular weight excluding hydrogens is 368 g/mol. The molecule has 10 heteroatoms. The van der Waals surface area contributed by atoms with Gasteiger partial charge in [-0.2, -0.15) is 0 Å². The maximum atomic E-state index is 12.4. The molecule has 1 amide bonds. The molecule has 0 spiro atoms. The van der Waals surface area contributed by atoms with Crippen molar-refractivity contribution in [2.45, 2.75) is 42.6 Å². The molecule has 0 aliphatic carbocycles. The molecule has 0 bridgehead atoms. The summed E-state index contributed by atoms with van der Waals surface area (Å²) >= 11 is 1.69. The lowest BCUT2D eigenvalue weighted by Gasteiger charge is -2.42. The summed E-state index contributed by atoms with van der Waals surface area (Å²) in [5.41, 5.74) is 6.89. The fourth-order valence-electron chi connectivity index (χ4n) is 3.72. The Kier molecular flexibility index (Phi) is 4.26. The van der Waals surface area contributed by atoms with Crippen LogP contribution in [0.2, 0.25) is 0 Å². The molecule has 3 heterocycles. The molecule has 144 valence electrons. The molecule has 2 aliphatic heterocycles. The molecule has 1 aromatic heterocycles. The predicted octanol–water partition coefficient (Wildman–Crippen LogP) is 0.801. The topological polar surface area (TPSA) is 108 Å². The summed E-state index contributed by atoms with van der Waals surface area (Å²) in [6.07, 6.45) is 0. The van der Waals surface area contributed by atoms with Gasteiger partial charge >= 0.3 is 0 Å². The fraction of sp³-hybridized carbons (Fsp3) is 0.529. The summed E-state index contributed by atoms with van der Waals surface area (Å²) in [4.78, 5) is 14.2. The Morgan fingerprint density at radius 1 is 1.30 bits per heavy atom. The third-order valence-corrected chi connectivity index (χ3v) is 6.69. The van der Waals surface area contributed by atoms with Crippen molar-refractivity contribution in [2.24, 2.45) is 5.73 Å². The lowest BCUT2D eigenvalue weighted by molar-refractivity contribution is -0.147. The van der Waals surface area contributed by atoms with Crippen molar-refractivity contribution >= 4 is 17.7 Å². The van der Waals surface area contributed by atoms with Crippen LogP contribution in [0.5, 0.6) is 11.5 Å². The number of methoxy groups -OCH3 is 2. The molecule has 3 atom stereocenters. The quantitative estimate of drug-likeness (QED) is 0.747. The van der Waals surface area contributed by atoms with Gasteiger partial charge in [0.05, 0.1) is 20.8 Å². The minimum absolute atomic E-state index is 0.0295. The van der Waals surface area contributed by atoms with E-state index in [4.69, 9.17) is 15.2 Å². The third kappa shape index (κ3) is 2.74. The molecule has 27 heavy (non-hydrogen) atoms. The largest absolute Gasteiger partial charge is 0.497 e. The van der Waals surface area contributed by atoms with Gasteiger partial charge in [0, 0.05) is 16.4 Å². The van der Waals surface area contributed by atoms with Crippen molar-refractivity contribution in [3.8, 4) is 11.5 Å². The minimum atomic E-state index is -0.453. The standard InChI is InChI=1S/C17H22N6O3S/c1-17(2)13(23-15(24)12(18)16(23)27-17)14-19-20-21-22(14)8-9-5-6-10(25-3)7-11(9)26-4/h5-7,12-13,16H,8,18H2,1-4H3/t12?,13?,16-/m1/s1. The maximum Gasteiger partial charge on any atom is 0.244 e. The number of hydrogen-bond acceptors (Lipinski definition) is 8. The maximum absolute atomic E-state index is 12.4. The van der Waals surface area contributed by atoms with Crippen molar-refractivity contribution in [3.05, 3.63) is 29.6 Å². The van der Waals surface area contributed by atoms with Gasteiger partial charge in [-0.1, -0.05) is 0 Å². The van der Waals surface area contributed by atoms with E-state index in [0.29, 0.717) is 23.9 Å². The zero-order chi connectivity index (χ0) is 19.3. The van der Waals surface area contributed by atoms with Gasteiger partial charge in [0.2, 0.25) is 5.91 Å². The highest BCUT2D eigenvalue weighted by Gasteiger charge is 2.62. The summed E-state index contributed by atoms with van der Waals surface area (Å²) in [5, 5.41) is 12.2. The van der Waals surface area contributed by atoms with Crippen LogP contribution in [0.1, 0.15) is 31.3 Å². The first-order valence-electron chi connectivity index (χ1n) is 8.60. The van der Waals surface area contributed by atoms with E-state index in [-0.39, 0.29) is 22.1 Å². The van der Waals surface area contributed by atoms with E-state index >= 15 is 0 Å². The van der Waals surface area contributed by atoms with Crippen LogP contribution >= 0.6 is 11.8 Å². The highest BCUT2D eigenvalue weighted by atomic mass is 32.2. The second kappa shape index (κ2) is 6.38. The van der Waals surface area contributed by atoms with Gasteiger partial charge in [0.15, 0.2) is 5.82 Å². The average molecular weight is 390 g/mol. The third-order valence-electron chi connectivity index (χ3n) is 5.10. The van der Waals surface area contributed by atoms with Gasteiger partial charge in [0.1, 0.15) is 29.0 Å². The second-order valence-corrected chi connectivity index (χ2v) is 8.93. The number of rotatable bonds is 5. The predicted molar refractivity (Wildman–Crippen MR) is 99.5 cm³/mol. The Hall–Kier alpha value is -2.33. The van der Waals surface area contributed by atoms with E-state index in [0.717, 1.165) is 5.56 Å². The van der Waals surface area contributed by atoms with E-state index in [1.54, 1.807) is 30.7 Å². The van der Waals surface area contributed by atoms with Crippen LogP contribution in [0.4, 0.5) is 0 Å². The Labute approximate surface area is 161 Å². The van der Waals surface area contributed by atoms with Gasteiger partial charge in [-0.05, 0) is 36.4 Å². The number of ether oxygens (including phenoxy) is 2. The van der Waals surface area contributed by atoms with Crippen LogP contribution in [0.15, 0.2) is 18.2 Å². The number of amides is 1. The van der Waals surface area contributed by atoms with Crippen molar-refractivity contribution in [1.82, 2.24) is 25.1 Å². The van der Waals surface area contributed by atoms with Gasteiger partial charge < -0.3 is 20.1 Å². The van der Waals surface area contributed by atoms with Crippen LogP contribution in [0, 0.1) is 0 Å². The van der Waals surface area contributed by atoms with Crippen LogP contribution in [-0.2, 0) is 11.3 Å². The number of carbonyl (C=O) groups is 1. The Morgan fingerprint density at radius 3 is 2.78 bits per heavy atom. The molecule has 2 saturated heterocycles. The molecule has 0 saturated carbocycles. The fourth-order valence-corrected chi connectivity index (χ4v) is 5.30. The Morgan fingerprint density at radius 2 is 2.07 bits per heavy atom. The Bertz CT molecular complexity index is 885. The van der Waals surface area contributed by atoms with E-state index in [1.807, 2.05) is 23.1 Å². The molecule has 0 radical (unpaired) electrons. The Balaban J connectivity index is 1.67. The number of hydrogen-bond donors (Lipinski definition) is 1. The molecule has 4 rings (SSSR count). The number of benzene rings is 1. The van der Waals surface area contributed by atoms with Gasteiger partial charge in [-0.15, -0.1) is 16.9 Å². The van der Waals surface area contributed by atoms with Crippen molar-refractivity contribution in [1.29, 1.82) is 0 Å². The van der Waals surface area contributed by atoms with Crippen molar-refractivity contribution < 1.29 is 14.3 Å².